The number of rotatable bonds is 2. The van der Waals surface area contributed by atoms with Crippen LogP contribution in [0, 0.1) is 5.92 Å². The molecule has 0 aliphatic carbocycles. The standard InChI is InChI=1S/C23H25Cl2N5O2/c1-12-3-4-15(11-30(12)19-10-27-9-18-21(19)32-23(26)28-18)22(31)29-6-5-14-7-16(24)8-17(25)20(14)13(29)2/h7-10,12-13,15H,3-6,11H2,1-2H3,(H2,26,28)/t12-,13-,15+/m0/s1. The van der Waals surface area contributed by atoms with Crippen LogP contribution in [-0.4, -0.2) is 39.9 Å². The third-order valence-corrected chi connectivity index (χ3v) is 7.34. The number of benzene rings is 1. The maximum absolute atomic E-state index is 13.7. The van der Waals surface area contributed by atoms with Crippen molar-refractivity contribution in [3.05, 3.63) is 45.7 Å². The summed E-state index contributed by atoms with van der Waals surface area (Å²) in [6, 6.07) is 3.98. The Balaban J connectivity index is 1.41. The normalized spacial score (nSPS) is 23.4. The Morgan fingerprint density at radius 3 is 2.84 bits per heavy atom. The smallest absolute Gasteiger partial charge is 0.293 e. The van der Waals surface area contributed by atoms with E-state index in [0.717, 1.165) is 36.1 Å². The molecule has 0 bridgehead atoms. The molecule has 4 heterocycles. The number of amides is 1. The minimum atomic E-state index is -0.128. The lowest BCUT2D eigenvalue weighted by Crippen LogP contribution is -2.50. The van der Waals surface area contributed by atoms with Crippen molar-refractivity contribution in [2.24, 2.45) is 5.92 Å². The second kappa shape index (κ2) is 8.12. The minimum Gasteiger partial charge on any atom is -0.421 e. The van der Waals surface area contributed by atoms with Gasteiger partial charge in [-0.3, -0.25) is 9.78 Å². The van der Waals surface area contributed by atoms with Gasteiger partial charge in [0.25, 0.3) is 6.01 Å². The van der Waals surface area contributed by atoms with E-state index in [1.165, 1.54) is 0 Å². The maximum Gasteiger partial charge on any atom is 0.293 e. The molecule has 0 spiro atoms. The summed E-state index contributed by atoms with van der Waals surface area (Å²) in [5.74, 6) is 0.0279. The third kappa shape index (κ3) is 3.57. The lowest BCUT2D eigenvalue weighted by atomic mass is 9.88. The van der Waals surface area contributed by atoms with Crippen LogP contribution in [0.1, 0.15) is 43.9 Å². The van der Waals surface area contributed by atoms with Gasteiger partial charge in [0.1, 0.15) is 11.2 Å². The third-order valence-electron chi connectivity index (χ3n) is 6.81. The van der Waals surface area contributed by atoms with E-state index in [1.807, 2.05) is 17.9 Å². The van der Waals surface area contributed by atoms with Gasteiger partial charge in [-0.2, -0.15) is 4.98 Å². The zero-order chi connectivity index (χ0) is 22.6. The predicted molar refractivity (Wildman–Crippen MR) is 126 cm³/mol. The van der Waals surface area contributed by atoms with Gasteiger partial charge >= 0.3 is 0 Å². The number of nitrogen functional groups attached to an aromatic ring is 1. The number of oxazole rings is 1. The van der Waals surface area contributed by atoms with Crippen LogP contribution in [0.25, 0.3) is 11.1 Å². The molecule has 168 valence electrons. The molecule has 7 nitrogen and oxygen atoms in total. The SMILES string of the molecule is C[C@H]1c2c(Cl)cc(Cl)cc2CCN1C(=O)[C@@H]1CC[C@H](C)N(c2cncc3nc(N)oc23)C1. The highest BCUT2D eigenvalue weighted by atomic mass is 35.5. The van der Waals surface area contributed by atoms with E-state index < -0.39 is 0 Å². The molecule has 1 amide bonds. The van der Waals surface area contributed by atoms with E-state index in [-0.39, 0.29) is 29.9 Å². The molecular weight excluding hydrogens is 449 g/mol. The van der Waals surface area contributed by atoms with Crippen molar-refractivity contribution in [3.63, 3.8) is 0 Å². The van der Waals surface area contributed by atoms with Gasteiger partial charge < -0.3 is 20.0 Å². The van der Waals surface area contributed by atoms with Crippen molar-refractivity contribution in [3.8, 4) is 0 Å². The molecule has 1 fully saturated rings. The molecule has 0 saturated carbocycles. The Hall–Kier alpha value is -2.51. The van der Waals surface area contributed by atoms with Crippen molar-refractivity contribution in [1.82, 2.24) is 14.9 Å². The summed E-state index contributed by atoms with van der Waals surface area (Å²) in [6.07, 6.45) is 5.88. The largest absolute Gasteiger partial charge is 0.421 e. The number of pyridine rings is 1. The summed E-state index contributed by atoms with van der Waals surface area (Å²) in [6.45, 7) is 5.45. The average molecular weight is 474 g/mol. The van der Waals surface area contributed by atoms with Gasteiger partial charge in [-0.1, -0.05) is 23.2 Å². The molecule has 0 unspecified atom stereocenters. The Morgan fingerprint density at radius 2 is 2.03 bits per heavy atom. The van der Waals surface area contributed by atoms with E-state index in [0.29, 0.717) is 34.2 Å². The summed E-state index contributed by atoms with van der Waals surface area (Å²) < 4.78 is 5.66. The van der Waals surface area contributed by atoms with Gasteiger partial charge in [-0.15, -0.1) is 0 Å². The highest BCUT2D eigenvalue weighted by molar-refractivity contribution is 6.35. The molecule has 3 aromatic rings. The van der Waals surface area contributed by atoms with Crippen LogP contribution in [-0.2, 0) is 11.2 Å². The highest BCUT2D eigenvalue weighted by Crippen LogP contribution is 2.39. The topological polar surface area (TPSA) is 88.5 Å². The molecule has 9 heteroatoms. The van der Waals surface area contributed by atoms with Crippen LogP contribution in [0.15, 0.2) is 28.9 Å². The first-order chi connectivity index (χ1) is 15.3. The summed E-state index contributed by atoms with van der Waals surface area (Å²) in [5.41, 5.74) is 9.95. The lowest BCUT2D eigenvalue weighted by molar-refractivity contribution is -0.138. The number of carbonyl (C=O) groups is 1. The molecule has 3 atom stereocenters. The fourth-order valence-electron chi connectivity index (χ4n) is 5.14. The Labute approximate surface area is 196 Å². The molecule has 2 aliphatic heterocycles. The Bertz CT molecular complexity index is 1200. The molecule has 1 saturated heterocycles. The summed E-state index contributed by atoms with van der Waals surface area (Å²) >= 11 is 12.7. The van der Waals surface area contributed by atoms with Crippen LogP contribution in [0.2, 0.25) is 10.0 Å². The van der Waals surface area contributed by atoms with Crippen LogP contribution in [0.3, 0.4) is 0 Å². The first-order valence-electron chi connectivity index (χ1n) is 10.9. The van der Waals surface area contributed by atoms with E-state index >= 15 is 0 Å². The molecular formula is C23H25Cl2N5O2. The van der Waals surface area contributed by atoms with E-state index in [2.05, 4.69) is 21.8 Å². The predicted octanol–water partition coefficient (Wildman–Crippen LogP) is 4.86. The van der Waals surface area contributed by atoms with Crippen molar-refractivity contribution < 1.29 is 9.21 Å². The molecule has 5 rings (SSSR count). The maximum atomic E-state index is 13.7. The lowest BCUT2D eigenvalue weighted by Gasteiger charge is -2.43. The van der Waals surface area contributed by atoms with E-state index in [9.17, 15) is 4.79 Å². The zero-order valence-electron chi connectivity index (χ0n) is 18.0. The number of hydrogen-bond acceptors (Lipinski definition) is 6. The molecule has 0 radical (unpaired) electrons. The van der Waals surface area contributed by atoms with Crippen LogP contribution < -0.4 is 10.6 Å². The second-order valence-electron chi connectivity index (χ2n) is 8.75. The van der Waals surface area contributed by atoms with Gasteiger partial charge in [0.15, 0.2) is 5.58 Å². The number of hydrogen-bond donors (Lipinski definition) is 1. The fraction of sp³-hybridized carbons (Fsp3) is 0.435. The number of aromatic nitrogens is 2. The average Bonchev–Trinajstić information content (AvgIpc) is 3.13. The Kier molecular flexibility index (Phi) is 5.42. The first kappa shape index (κ1) is 21.3. The minimum absolute atomic E-state index is 0.0945. The number of fused-ring (bicyclic) bond motifs is 2. The van der Waals surface area contributed by atoms with Crippen LogP contribution >= 0.6 is 23.2 Å². The molecule has 1 aromatic carbocycles. The van der Waals surface area contributed by atoms with E-state index in [4.69, 9.17) is 33.4 Å². The molecule has 2 aromatic heterocycles. The summed E-state index contributed by atoms with van der Waals surface area (Å²) in [5, 5.41) is 1.26. The van der Waals surface area contributed by atoms with Crippen LogP contribution in [0.4, 0.5) is 11.7 Å². The molecule has 32 heavy (non-hydrogen) atoms. The quantitative estimate of drug-likeness (QED) is 0.571. The van der Waals surface area contributed by atoms with Gasteiger partial charge in [-0.05, 0) is 56.4 Å². The van der Waals surface area contributed by atoms with Gasteiger partial charge in [0.2, 0.25) is 5.91 Å². The number of nitrogens with two attached hydrogens (primary N) is 1. The number of carbonyl (C=O) groups excluding carboxylic acids is 1. The summed E-state index contributed by atoms with van der Waals surface area (Å²) in [7, 11) is 0. The highest BCUT2D eigenvalue weighted by Gasteiger charge is 2.37. The van der Waals surface area contributed by atoms with Crippen molar-refractivity contribution >= 4 is 51.9 Å². The van der Waals surface area contributed by atoms with E-state index in [1.54, 1.807) is 18.5 Å². The fourth-order valence-corrected chi connectivity index (χ4v) is 5.84. The van der Waals surface area contributed by atoms with Crippen LogP contribution in [0.5, 0.6) is 0 Å². The van der Waals surface area contributed by atoms with Crippen molar-refractivity contribution in [1.29, 1.82) is 0 Å². The van der Waals surface area contributed by atoms with Gasteiger partial charge in [0, 0.05) is 29.2 Å². The second-order valence-corrected chi connectivity index (χ2v) is 9.60. The molecule has 2 aliphatic rings. The Morgan fingerprint density at radius 1 is 1.22 bits per heavy atom. The summed E-state index contributed by atoms with van der Waals surface area (Å²) in [4.78, 5) is 26.3. The first-order valence-corrected chi connectivity index (χ1v) is 11.6. The molecule has 2 N–H and O–H groups in total. The monoisotopic (exact) mass is 473 g/mol. The van der Waals surface area contributed by atoms with Gasteiger partial charge in [-0.25, -0.2) is 0 Å². The van der Waals surface area contributed by atoms with Crippen molar-refractivity contribution in [2.75, 3.05) is 23.7 Å². The van der Waals surface area contributed by atoms with Gasteiger partial charge in [0.05, 0.1) is 24.4 Å². The number of nitrogens with zero attached hydrogens (tertiary/aromatic N) is 4. The number of piperidine rings is 1. The van der Waals surface area contributed by atoms with Crippen molar-refractivity contribution in [2.45, 2.75) is 45.2 Å². The zero-order valence-corrected chi connectivity index (χ0v) is 19.5. The number of anilines is 2. The number of halogens is 2.